The molecule has 0 saturated heterocycles. The first-order valence-electron chi connectivity index (χ1n) is 5.05. The minimum atomic E-state index is 0.221. The lowest BCUT2D eigenvalue weighted by Crippen LogP contribution is -2.20. The fourth-order valence-corrected chi connectivity index (χ4v) is 2.85. The Morgan fingerprint density at radius 3 is 2.43 bits per heavy atom. The SMILES string of the molecule is Cc1csc(CC(C(C)C)C(C)Cl)n1. The molecule has 0 N–H and O–H groups in total. The normalized spacial score (nSPS) is 15.9. The van der Waals surface area contributed by atoms with Crippen molar-refractivity contribution >= 4 is 22.9 Å². The van der Waals surface area contributed by atoms with Crippen molar-refractivity contribution in [3.63, 3.8) is 0 Å². The number of aromatic nitrogens is 1. The van der Waals surface area contributed by atoms with Crippen molar-refractivity contribution in [3.8, 4) is 0 Å². The molecule has 0 aliphatic rings. The predicted octanol–water partition coefficient (Wildman–Crippen LogP) is 3.89. The lowest BCUT2D eigenvalue weighted by atomic mass is 9.90. The molecule has 1 nitrogen and oxygen atoms in total. The zero-order valence-corrected chi connectivity index (χ0v) is 10.8. The third kappa shape index (κ3) is 3.25. The number of rotatable bonds is 4. The number of nitrogens with zero attached hydrogens (tertiary/aromatic N) is 1. The summed E-state index contributed by atoms with van der Waals surface area (Å²) in [4.78, 5) is 4.48. The number of alkyl halides is 1. The van der Waals surface area contributed by atoms with Crippen LogP contribution in [-0.2, 0) is 6.42 Å². The number of hydrogen-bond donors (Lipinski definition) is 0. The van der Waals surface area contributed by atoms with Gasteiger partial charge in [0.15, 0.2) is 0 Å². The van der Waals surface area contributed by atoms with Gasteiger partial charge in [-0.1, -0.05) is 13.8 Å². The summed E-state index contributed by atoms with van der Waals surface area (Å²) in [6.07, 6.45) is 1.01. The van der Waals surface area contributed by atoms with Crippen LogP contribution in [-0.4, -0.2) is 10.4 Å². The van der Waals surface area contributed by atoms with E-state index >= 15 is 0 Å². The zero-order chi connectivity index (χ0) is 10.7. The Balaban J connectivity index is 2.64. The van der Waals surface area contributed by atoms with E-state index in [1.807, 2.05) is 6.92 Å². The number of thiazole rings is 1. The second-order valence-corrected chi connectivity index (χ2v) is 5.80. The van der Waals surface area contributed by atoms with Gasteiger partial charge in [-0.2, -0.15) is 0 Å². The Hall–Kier alpha value is -0.0800. The van der Waals surface area contributed by atoms with E-state index in [1.165, 1.54) is 5.01 Å². The summed E-state index contributed by atoms with van der Waals surface area (Å²) in [6, 6.07) is 0. The molecular formula is C11H18ClNS. The molecule has 80 valence electrons. The standard InChI is InChI=1S/C11H18ClNS/c1-7(2)10(9(4)12)5-11-13-8(3)6-14-11/h6-7,9-10H,5H2,1-4H3. The first kappa shape index (κ1) is 12.0. The van der Waals surface area contributed by atoms with Crippen molar-refractivity contribution in [2.75, 3.05) is 0 Å². The smallest absolute Gasteiger partial charge is 0.0931 e. The first-order valence-corrected chi connectivity index (χ1v) is 6.37. The van der Waals surface area contributed by atoms with Crippen LogP contribution in [0.1, 0.15) is 31.5 Å². The minimum absolute atomic E-state index is 0.221. The average Bonchev–Trinajstić information content (AvgIpc) is 2.46. The largest absolute Gasteiger partial charge is 0.247 e. The van der Waals surface area contributed by atoms with E-state index in [0.717, 1.165) is 12.1 Å². The highest BCUT2D eigenvalue weighted by molar-refractivity contribution is 7.09. The van der Waals surface area contributed by atoms with Crippen molar-refractivity contribution in [2.45, 2.75) is 39.5 Å². The summed E-state index contributed by atoms with van der Waals surface area (Å²) in [5.41, 5.74) is 1.12. The van der Waals surface area contributed by atoms with Gasteiger partial charge in [0.2, 0.25) is 0 Å². The van der Waals surface area contributed by atoms with Crippen LogP contribution < -0.4 is 0 Å². The van der Waals surface area contributed by atoms with Crippen LogP contribution in [0.5, 0.6) is 0 Å². The van der Waals surface area contributed by atoms with E-state index in [2.05, 4.69) is 31.1 Å². The molecule has 2 unspecified atom stereocenters. The summed E-state index contributed by atoms with van der Waals surface area (Å²) in [7, 11) is 0. The van der Waals surface area contributed by atoms with Crippen LogP contribution in [0.15, 0.2) is 5.38 Å². The molecule has 0 fully saturated rings. The van der Waals surface area contributed by atoms with Crippen LogP contribution in [0.3, 0.4) is 0 Å². The fraction of sp³-hybridized carbons (Fsp3) is 0.727. The van der Waals surface area contributed by atoms with E-state index in [1.54, 1.807) is 11.3 Å². The van der Waals surface area contributed by atoms with Crippen LogP contribution in [0.4, 0.5) is 0 Å². The van der Waals surface area contributed by atoms with Crippen LogP contribution >= 0.6 is 22.9 Å². The van der Waals surface area contributed by atoms with Gasteiger partial charge in [-0.15, -0.1) is 22.9 Å². The number of halogens is 1. The molecule has 0 aliphatic heterocycles. The maximum atomic E-state index is 6.17. The molecule has 0 bridgehead atoms. The molecule has 0 aliphatic carbocycles. The Morgan fingerprint density at radius 1 is 1.43 bits per heavy atom. The molecule has 3 heteroatoms. The van der Waals surface area contributed by atoms with Crippen LogP contribution in [0.2, 0.25) is 0 Å². The zero-order valence-electron chi connectivity index (χ0n) is 9.25. The number of aryl methyl sites for hydroxylation is 1. The highest BCUT2D eigenvalue weighted by Crippen LogP contribution is 2.25. The molecule has 0 aromatic carbocycles. The van der Waals surface area contributed by atoms with Gasteiger partial charge >= 0.3 is 0 Å². The molecule has 1 aromatic rings. The van der Waals surface area contributed by atoms with Gasteiger partial charge in [-0.05, 0) is 25.7 Å². The summed E-state index contributed by atoms with van der Waals surface area (Å²) < 4.78 is 0. The molecule has 0 spiro atoms. The maximum Gasteiger partial charge on any atom is 0.0931 e. The lowest BCUT2D eigenvalue weighted by molar-refractivity contribution is 0.376. The van der Waals surface area contributed by atoms with Crippen molar-refractivity contribution in [2.24, 2.45) is 11.8 Å². The second kappa shape index (κ2) is 5.13. The van der Waals surface area contributed by atoms with E-state index in [9.17, 15) is 0 Å². The highest BCUT2D eigenvalue weighted by atomic mass is 35.5. The van der Waals surface area contributed by atoms with Gasteiger partial charge < -0.3 is 0 Å². The van der Waals surface area contributed by atoms with Gasteiger partial charge in [-0.3, -0.25) is 0 Å². The highest BCUT2D eigenvalue weighted by Gasteiger charge is 2.20. The van der Waals surface area contributed by atoms with E-state index in [4.69, 9.17) is 11.6 Å². The summed E-state index contributed by atoms with van der Waals surface area (Å²) >= 11 is 7.92. The molecule has 1 aromatic heterocycles. The second-order valence-electron chi connectivity index (χ2n) is 4.17. The van der Waals surface area contributed by atoms with Gasteiger partial charge in [0.05, 0.1) is 5.01 Å². The quantitative estimate of drug-likeness (QED) is 0.717. The van der Waals surface area contributed by atoms with E-state index in [-0.39, 0.29) is 5.38 Å². The number of hydrogen-bond acceptors (Lipinski definition) is 2. The van der Waals surface area contributed by atoms with E-state index < -0.39 is 0 Å². The Bertz CT molecular complexity index is 273. The molecule has 14 heavy (non-hydrogen) atoms. The van der Waals surface area contributed by atoms with Crippen molar-refractivity contribution < 1.29 is 0 Å². The third-order valence-electron chi connectivity index (χ3n) is 2.52. The topological polar surface area (TPSA) is 12.9 Å². The Labute approximate surface area is 95.5 Å². The Morgan fingerprint density at radius 2 is 2.07 bits per heavy atom. The molecule has 0 radical (unpaired) electrons. The van der Waals surface area contributed by atoms with Gasteiger partial charge in [-0.25, -0.2) is 4.98 Å². The summed E-state index contributed by atoms with van der Waals surface area (Å²) in [6.45, 7) is 8.56. The third-order valence-corrected chi connectivity index (χ3v) is 3.84. The fourth-order valence-electron chi connectivity index (χ4n) is 1.63. The molecule has 1 rings (SSSR count). The molecule has 0 amide bonds. The molecule has 1 heterocycles. The summed E-state index contributed by atoms with van der Waals surface area (Å²) in [5.74, 6) is 1.15. The van der Waals surface area contributed by atoms with Gasteiger partial charge in [0, 0.05) is 22.9 Å². The van der Waals surface area contributed by atoms with Crippen molar-refractivity contribution in [1.82, 2.24) is 4.98 Å². The van der Waals surface area contributed by atoms with Gasteiger partial charge in [0.25, 0.3) is 0 Å². The molecular weight excluding hydrogens is 214 g/mol. The van der Waals surface area contributed by atoms with E-state index in [0.29, 0.717) is 11.8 Å². The lowest BCUT2D eigenvalue weighted by Gasteiger charge is -2.21. The predicted molar refractivity (Wildman–Crippen MR) is 64.2 cm³/mol. The monoisotopic (exact) mass is 231 g/mol. The molecule has 2 atom stereocenters. The summed E-state index contributed by atoms with van der Waals surface area (Å²) in [5, 5.41) is 3.54. The molecule has 0 saturated carbocycles. The maximum absolute atomic E-state index is 6.17. The first-order chi connectivity index (χ1) is 6.50. The minimum Gasteiger partial charge on any atom is -0.247 e. The van der Waals surface area contributed by atoms with Gasteiger partial charge in [0.1, 0.15) is 0 Å². The van der Waals surface area contributed by atoms with Crippen molar-refractivity contribution in [3.05, 3.63) is 16.1 Å². The van der Waals surface area contributed by atoms with Crippen molar-refractivity contribution in [1.29, 1.82) is 0 Å². The van der Waals surface area contributed by atoms with Crippen LogP contribution in [0, 0.1) is 18.8 Å². The Kier molecular flexibility index (Phi) is 4.39. The van der Waals surface area contributed by atoms with Crippen LogP contribution in [0.25, 0.3) is 0 Å². The average molecular weight is 232 g/mol.